The Bertz CT molecular complexity index is 245. The maximum atomic E-state index is 10.4. The molecule has 0 radical (unpaired) electrons. The topological polar surface area (TPSA) is 69.7 Å². The van der Waals surface area contributed by atoms with E-state index >= 15 is 0 Å². The molecular weight excluding hydrogens is 212 g/mol. The van der Waals surface area contributed by atoms with Crippen molar-refractivity contribution in [3.63, 3.8) is 0 Å². The molecule has 0 N–H and O–H groups in total. The van der Waals surface area contributed by atoms with Crippen molar-refractivity contribution in [1.29, 1.82) is 0 Å². The summed E-state index contributed by atoms with van der Waals surface area (Å²) in [5.41, 5.74) is 0. The van der Waals surface area contributed by atoms with Crippen LogP contribution in [0.3, 0.4) is 0 Å². The van der Waals surface area contributed by atoms with Gasteiger partial charge in [0.2, 0.25) is 0 Å². The number of rotatable bonds is 3. The van der Waals surface area contributed by atoms with Gasteiger partial charge in [-0.25, -0.2) is 0 Å². The molecular formula is C11H18O5. The minimum Gasteiger partial charge on any atom is -0.462 e. The van der Waals surface area contributed by atoms with E-state index in [1.54, 1.807) is 0 Å². The second kappa shape index (κ2) is 7.84. The molecule has 1 heterocycles. The van der Waals surface area contributed by atoms with Gasteiger partial charge in [0.1, 0.15) is 12.7 Å². The van der Waals surface area contributed by atoms with Crippen molar-refractivity contribution in [3.05, 3.63) is 0 Å². The van der Waals surface area contributed by atoms with Gasteiger partial charge in [-0.2, -0.15) is 0 Å². The van der Waals surface area contributed by atoms with Crippen molar-refractivity contribution >= 4 is 17.7 Å². The number of ketones is 1. The van der Waals surface area contributed by atoms with E-state index < -0.39 is 5.97 Å². The second-order valence-corrected chi connectivity index (χ2v) is 3.54. The van der Waals surface area contributed by atoms with Gasteiger partial charge in [0.25, 0.3) is 0 Å². The first-order valence-corrected chi connectivity index (χ1v) is 5.28. The van der Waals surface area contributed by atoms with Crippen LogP contribution in [-0.4, -0.2) is 30.4 Å². The molecule has 5 nitrogen and oxygen atoms in total. The standard InChI is InChI=1S/C6H10O2.C5H8O3/c1-2-5-3-4-6(7)8-5;1-4(6)3-8-5(2)7/h5H,2-4H2,1H3;3H2,1-2H3. The molecule has 0 bridgehead atoms. The van der Waals surface area contributed by atoms with E-state index in [-0.39, 0.29) is 24.5 Å². The molecule has 0 amide bonds. The second-order valence-electron chi connectivity index (χ2n) is 3.54. The molecule has 1 saturated heterocycles. The Kier molecular flexibility index (Phi) is 7.16. The fraction of sp³-hybridized carbons (Fsp3) is 0.727. The van der Waals surface area contributed by atoms with Crippen LogP contribution in [0, 0.1) is 0 Å². The maximum Gasteiger partial charge on any atom is 0.306 e. The van der Waals surface area contributed by atoms with Gasteiger partial charge in [-0.3, -0.25) is 14.4 Å². The van der Waals surface area contributed by atoms with Gasteiger partial charge in [0, 0.05) is 13.3 Å². The Morgan fingerprint density at radius 2 is 2.06 bits per heavy atom. The lowest BCUT2D eigenvalue weighted by atomic mass is 10.2. The summed E-state index contributed by atoms with van der Waals surface area (Å²) in [6, 6.07) is 0. The van der Waals surface area contributed by atoms with Gasteiger partial charge in [0.15, 0.2) is 5.78 Å². The Hall–Kier alpha value is -1.39. The summed E-state index contributed by atoms with van der Waals surface area (Å²) in [6.45, 7) is 4.56. The number of hydrogen-bond donors (Lipinski definition) is 0. The SMILES string of the molecule is CC(=O)COC(C)=O.CCC1CCC(=O)O1. The average molecular weight is 230 g/mol. The first kappa shape index (κ1) is 14.6. The third kappa shape index (κ3) is 7.96. The molecule has 1 fully saturated rings. The highest BCUT2D eigenvalue weighted by Crippen LogP contribution is 2.15. The summed E-state index contributed by atoms with van der Waals surface area (Å²) in [7, 11) is 0. The van der Waals surface area contributed by atoms with E-state index in [1.165, 1.54) is 13.8 Å². The Morgan fingerprint density at radius 1 is 1.44 bits per heavy atom. The van der Waals surface area contributed by atoms with Crippen molar-refractivity contribution in [2.75, 3.05) is 6.61 Å². The van der Waals surface area contributed by atoms with Gasteiger partial charge in [-0.1, -0.05) is 6.92 Å². The normalized spacial score (nSPS) is 18.2. The fourth-order valence-corrected chi connectivity index (χ4v) is 1.07. The van der Waals surface area contributed by atoms with Crippen molar-refractivity contribution < 1.29 is 23.9 Å². The fourth-order valence-electron chi connectivity index (χ4n) is 1.07. The first-order valence-electron chi connectivity index (χ1n) is 5.28. The van der Waals surface area contributed by atoms with E-state index in [4.69, 9.17) is 4.74 Å². The predicted molar refractivity (Wildman–Crippen MR) is 56.7 cm³/mol. The predicted octanol–water partition coefficient (Wildman–Crippen LogP) is 1.24. The summed E-state index contributed by atoms with van der Waals surface area (Å²) < 4.78 is 9.19. The van der Waals surface area contributed by atoms with E-state index in [0.717, 1.165) is 12.8 Å². The number of esters is 2. The van der Waals surface area contributed by atoms with Crippen molar-refractivity contribution in [3.8, 4) is 0 Å². The van der Waals surface area contributed by atoms with Gasteiger partial charge in [0.05, 0.1) is 0 Å². The van der Waals surface area contributed by atoms with Gasteiger partial charge < -0.3 is 9.47 Å². The molecule has 1 unspecified atom stereocenters. The number of hydrogen-bond acceptors (Lipinski definition) is 5. The van der Waals surface area contributed by atoms with Crippen molar-refractivity contribution in [1.82, 2.24) is 0 Å². The molecule has 0 aliphatic carbocycles. The first-order chi connectivity index (χ1) is 7.45. The summed E-state index contributed by atoms with van der Waals surface area (Å²) in [5, 5.41) is 0. The van der Waals surface area contributed by atoms with Crippen LogP contribution >= 0.6 is 0 Å². The van der Waals surface area contributed by atoms with E-state index in [0.29, 0.717) is 6.42 Å². The Labute approximate surface area is 95.1 Å². The summed E-state index contributed by atoms with van der Waals surface area (Å²) in [4.78, 5) is 30.4. The zero-order chi connectivity index (χ0) is 12.6. The van der Waals surface area contributed by atoms with Gasteiger partial charge in [-0.05, 0) is 19.8 Å². The number of ether oxygens (including phenoxy) is 2. The number of carbonyl (C=O) groups is 3. The van der Waals surface area contributed by atoms with E-state index in [2.05, 4.69) is 4.74 Å². The highest BCUT2D eigenvalue weighted by Gasteiger charge is 2.20. The Balaban J connectivity index is 0.000000281. The van der Waals surface area contributed by atoms with Crippen LogP contribution in [0.4, 0.5) is 0 Å². The minimum atomic E-state index is -0.416. The molecule has 0 aromatic rings. The molecule has 0 saturated carbocycles. The Morgan fingerprint density at radius 3 is 2.25 bits per heavy atom. The zero-order valence-corrected chi connectivity index (χ0v) is 9.95. The summed E-state index contributed by atoms with van der Waals surface area (Å²) >= 11 is 0. The molecule has 16 heavy (non-hydrogen) atoms. The van der Waals surface area contributed by atoms with Gasteiger partial charge >= 0.3 is 11.9 Å². The van der Waals surface area contributed by atoms with Crippen LogP contribution in [0.15, 0.2) is 0 Å². The molecule has 1 aliphatic rings. The lowest BCUT2D eigenvalue weighted by Crippen LogP contribution is -2.07. The van der Waals surface area contributed by atoms with E-state index in [1.807, 2.05) is 6.92 Å². The zero-order valence-electron chi connectivity index (χ0n) is 9.95. The third-order valence-corrected chi connectivity index (χ3v) is 1.90. The number of carbonyl (C=O) groups excluding carboxylic acids is 3. The monoisotopic (exact) mass is 230 g/mol. The van der Waals surface area contributed by atoms with Crippen LogP contribution in [0.2, 0.25) is 0 Å². The van der Waals surface area contributed by atoms with Crippen LogP contribution in [0.1, 0.15) is 40.0 Å². The molecule has 92 valence electrons. The van der Waals surface area contributed by atoms with Crippen LogP contribution in [0.25, 0.3) is 0 Å². The number of Topliss-reactive ketones (excluding diaryl/α,β-unsaturated/α-hetero) is 1. The molecule has 1 aliphatic heterocycles. The quantitative estimate of drug-likeness (QED) is 0.682. The smallest absolute Gasteiger partial charge is 0.306 e. The van der Waals surface area contributed by atoms with Crippen LogP contribution < -0.4 is 0 Å². The lowest BCUT2D eigenvalue weighted by molar-refractivity contribution is -0.145. The number of cyclic esters (lactones) is 1. The highest BCUT2D eigenvalue weighted by atomic mass is 16.5. The lowest BCUT2D eigenvalue weighted by Gasteiger charge is -2.01. The third-order valence-electron chi connectivity index (χ3n) is 1.90. The molecule has 1 atom stereocenters. The minimum absolute atomic E-state index is 0.0307. The van der Waals surface area contributed by atoms with Crippen LogP contribution in [0.5, 0.6) is 0 Å². The molecule has 0 spiro atoms. The largest absolute Gasteiger partial charge is 0.462 e. The highest BCUT2D eigenvalue weighted by molar-refractivity contribution is 5.79. The van der Waals surface area contributed by atoms with Crippen LogP contribution in [-0.2, 0) is 23.9 Å². The molecule has 0 aromatic heterocycles. The van der Waals surface area contributed by atoms with Crippen molar-refractivity contribution in [2.24, 2.45) is 0 Å². The summed E-state index contributed by atoms with van der Waals surface area (Å²) in [5.74, 6) is -0.586. The molecule has 0 aromatic carbocycles. The maximum absolute atomic E-state index is 10.4. The average Bonchev–Trinajstić information content (AvgIpc) is 2.62. The summed E-state index contributed by atoms with van der Waals surface area (Å²) in [6.07, 6.45) is 2.74. The van der Waals surface area contributed by atoms with Gasteiger partial charge in [-0.15, -0.1) is 0 Å². The van der Waals surface area contributed by atoms with E-state index in [9.17, 15) is 14.4 Å². The van der Waals surface area contributed by atoms with Crippen molar-refractivity contribution in [2.45, 2.75) is 46.1 Å². The molecule has 1 rings (SSSR count). The molecule has 5 heteroatoms.